The smallest absolute Gasteiger partial charge is 0.229 e. The van der Waals surface area contributed by atoms with Crippen LogP contribution in [-0.4, -0.2) is 19.1 Å². The van der Waals surface area contributed by atoms with Gasteiger partial charge >= 0.3 is 0 Å². The molecule has 3 nitrogen and oxygen atoms in total. The van der Waals surface area contributed by atoms with Gasteiger partial charge in [-0.1, -0.05) is 36.4 Å². The van der Waals surface area contributed by atoms with Gasteiger partial charge < -0.3 is 9.32 Å². The SMILES string of the molecule is CN(C)c1c2ccccc2nc2oc3ccccc3c12. The Kier molecular flexibility index (Phi) is 2.24. The molecule has 0 spiro atoms. The minimum absolute atomic E-state index is 0.702. The average molecular weight is 262 g/mol. The number of para-hydroxylation sites is 2. The predicted molar refractivity (Wildman–Crippen MR) is 83.3 cm³/mol. The van der Waals surface area contributed by atoms with Gasteiger partial charge in [0.25, 0.3) is 0 Å². The van der Waals surface area contributed by atoms with Crippen molar-refractivity contribution in [2.45, 2.75) is 0 Å². The molecule has 2 aromatic carbocycles. The number of hydrogen-bond donors (Lipinski definition) is 0. The lowest BCUT2D eigenvalue weighted by molar-refractivity contribution is 0.656. The Hall–Kier alpha value is -2.55. The van der Waals surface area contributed by atoms with E-state index in [0.717, 1.165) is 32.9 Å². The van der Waals surface area contributed by atoms with Crippen molar-refractivity contribution in [2.75, 3.05) is 19.0 Å². The van der Waals surface area contributed by atoms with E-state index in [0.29, 0.717) is 5.71 Å². The van der Waals surface area contributed by atoms with Gasteiger partial charge in [0.1, 0.15) is 5.58 Å². The summed E-state index contributed by atoms with van der Waals surface area (Å²) in [4.78, 5) is 6.80. The molecule has 0 saturated heterocycles. The summed E-state index contributed by atoms with van der Waals surface area (Å²) >= 11 is 0. The van der Waals surface area contributed by atoms with Gasteiger partial charge in [0.15, 0.2) is 0 Å². The Bertz CT molecular complexity index is 938. The van der Waals surface area contributed by atoms with Crippen LogP contribution in [0.25, 0.3) is 33.0 Å². The Morgan fingerprint density at radius 2 is 1.60 bits per heavy atom. The molecule has 4 rings (SSSR count). The Morgan fingerprint density at radius 3 is 2.40 bits per heavy atom. The molecule has 0 N–H and O–H groups in total. The zero-order chi connectivity index (χ0) is 13.7. The van der Waals surface area contributed by atoms with E-state index in [4.69, 9.17) is 4.42 Å². The van der Waals surface area contributed by atoms with Crippen molar-refractivity contribution < 1.29 is 4.42 Å². The molecule has 0 fully saturated rings. The number of pyridine rings is 1. The van der Waals surface area contributed by atoms with E-state index < -0.39 is 0 Å². The van der Waals surface area contributed by atoms with Crippen LogP contribution in [0, 0.1) is 0 Å². The van der Waals surface area contributed by atoms with Crippen LogP contribution in [0.15, 0.2) is 52.9 Å². The first kappa shape index (κ1) is 11.3. The second kappa shape index (κ2) is 3.97. The van der Waals surface area contributed by atoms with Gasteiger partial charge in [0.2, 0.25) is 5.71 Å². The standard InChI is InChI=1S/C17H14N2O/c1-19(2)16-11-7-3-5-9-13(11)18-17-15(16)12-8-4-6-10-14(12)20-17/h3-10H,1-2H3. The number of benzene rings is 2. The summed E-state index contributed by atoms with van der Waals surface area (Å²) in [6.07, 6.45) is 0. The molecule has 20 heavy (non-hydrogen) atoms. The van der Waals surface area contributed by atoms with Gasteiger partial charge in [-0.3, -0.25) is 0 Å². The molecule has 0 saturated carbocycles. The number of furan rings is 1. The summed E-state index contributed by atoms with van der Waals surface area (Å²) in [5, 5.41) is 3.35. The van der Waals surface area contributed by atoms with Gasteiger partial charge in [-0.25, -0.2) is 4.98 Å². The van der Waals surface area contributed by atoms with Crippen LogP contribution in [0.2, 0.25) is 0 Å². The maximum absolute atomic E-state index is 5.91. The van der Waals surface area contributed by atoms with Crippen molar-refractivity contribution in [3.8, 4) is 0 Å². The van der Waals surface area contributed by atoms with Crippen molar-refractivity contribution in [3.05, 3.63) is 48.5 Å². The van der Waals surface area contributed by atoms with E-state index >= 15 is 0 Å². The van der Waals surface area contributed by atoms with Crippen LogP contribution < -0.4 is 4.90 Å². The summed E-state index contributed by atoms with van der Waals surface area (Å²) in [5.74, 6) is 0. The fraction of sp³-hybridized carbons (Fsp3) is 0.118. The zero-order valence-electron chi connectivity index (χ0n) is 11.4. The zero-order valence-corrected chi connectivity index (χ0v) is 11.4. The summed E-state index contributed by atoms with van der Waals surface area (Å²) in [6.45, 7) is 0. The van der Waals surface area contributed by atoms with E-state index in [9.17, 15) is 0 Å². The van der Waals surface area contributed by atoms with Crippen LogP contribution in [0.4, 0.5) is 5.69 Å². The quantitative estimate of drug-likeness (QED) is 0.515. The molecular weight excluding hydrogens is 248 g/mol. The maximum atomic E-state index is 5.91. The molecule has 0 unspecified atom stereocenters. The third-order valence-corrected chi connectivity index (χ3v) is 3.64. The van der Waals surface area contributed by atoms with Crippen molar-refractivity contribution in [2.24, 2.45) is 0 Å². The highest BCUT2D eigenvalue weighted by molar-refractivity contribution is 6.17. The van der Waals surface area contributed by atoms with Crippen molar-refractivity contribution >= 4 is 38.7 Å². The first-order valence-electron chi connectivity index (χ1n) is 6.63. The lowest BCUT2D eigenvalue weighted by atomic mass is 10.1. The fourth-order valence-corrected chi connectivity index (χ4v) is 2.82. The molecule has 0 aliphatic rings. The minimum atomic E-state index is 0.702. The van der Waals surface area contributed by atoms with Crippen LogP contribution >= 0.6 is 0 Å². The molecular formula is C17H14N2O. The summed E-state index contributed by atoms with van der Waals surface area (Å²) < 4.78 is 5.91. The van der Waals surface area contributed by atoms with Crippen molar-refractivity contribution in [1.82, 2.24) is 4.98 Å². The molecule has 0 radical (unpaired) electrons. The fourth-order valence-electron chi connectivity index (χ4n) is 2.82. The molecule has 0 amide bonds. The number of rotatable bonds is 1. The largest absolute Gasteiger partial charge is 0.438 e. The average Bonchev–Trinajstić information content (AvgIpc) is 2.82. The first-order valence-corrected chi connectivity index (χ1v) is 6.63. The highest BCUT2D eigenvalue weighted by Crippen LogP contribution is 2.38. The monoisotopic (exact) mass is 262 g/mol. The van der Waals surface area contributed by atoms with Crippen LogP contribution in [0.1, 0.15) is 0 Å². The summed E-state index contributed by atoms with van der Waals surface area (Å²) in [7, 11) is 4.12. The van der Waals surface area contributed by atoms with Gasteiger partial charge in [-0.15, -0.1) is 0 Å². The van der Waals surface area contributed by atoms with E-state index in [1.165, 1.54) is 0 Å². The Labute approximate surface area is 116 Å². The lowest BCUT2D eigenvalue weighted by Crippen LogP contribution is -2.10. The number of hydrogen-bond acceptors (Lipinski definition) is 3. The topological polar surface area (TPSA) is 29.3 Å². The molecule has 2 heterocycles. The number of anilines is 1. The normalized spacial score (nSPS) is 11.5. The van der Waals surface area contributed by atoms with E-state index in [1.807, 2.05) is 36.4 Å². The van der Waals surface area contributed by atoms with E-state index in [1.54, 1.807) is 0 Å². The number of fused-ring (bicyclic) bond motifs is 4. The summed E-state index contributed by atoms with van der Waals surface area (Å²) in [6, 6.07) is 16.3. The number of aromatic nitrogens is 1. The number of nitrogens with zero attached hydrogens (tertiary/aromatic N) is 2. The lowest BCUT2D eigenvalue weighted by Gasteiger charge is -2.16. The van der Waals surface area contributed by atoms with Gasteiger partial charge in [-0.05, 0) is 12.1 Å². The van der Waals surface area contributed by atoms with Crippen LogP contribution in [0.3, 0.4) is 0 Å². The maximum Gasteiger partial charge on any atom is 0.229 e. The van der Waals surface area contributed by atoms with Gasteiger partial charge in [0.05, 0.1) is 16.6 Å². The van der Waals surface area contributed by atoms with Crippen molar-refractivity contribution in [1.29, 1.82) is 0 Å². The molecule has 0 aliphatic carbocycles. The van der Waals surface area contributed by atoms with E-state index in [-0.39, 0.29) is 0 Å². The van der Waals surface area contributed by atoms with Crippen molar-refractivity contribution in [3.63, 3.8) is 0 Å². The molecule has 98 valence electrons. The highest BCUT2D eigenvalue weighted by atomic mass is 16.3. The second-order valence-corrected chi connectivity index (χ2v) is 5.15. The molecule has 4 aromatic rings. The summed E-state index contributed by atoms with van der Waals surface area (Å²) in [5.41, 5.74) is 3.71. The molecule has 2 aromatic heterocycles. The predicted octanol–water partition coefficient (Wildman–Crippen LogP) is 4.20. The first-order chi connectivity index (χ1) is 9.75. The van der Waals surface area contributed by atoms with Crippen LogP contribution in [-0.2, 0) is 0 Å². The molecule has 0 bridgehead atoms. The third-order valence-electron chi connectivity index (χ3n) is 3.64. The second-order valence-electron chi connectivity index (χ2n) is 5.15. The van der Waals surface area contributed by atoms with Crippen LogP contribution in [0.5, 0.6) is 0 Å². The Balaban J connectivity index is 2.33. The molecule has 0 aliphatic heterocycles. The Morgan fingerprint density at radius 1 is 0.900 bits per heavy atom. The highest BCUT2D eigenvalue weighted by Gasteiger charge is 2.16. The minimum Gasteiger partial charge on any atom is -0.438 e. The third kappa shape index (κ3) is 1.43. The van der Waals surface area contributed by atoms with Gasteiger partial charge in [0, 0.05) is 24.9 Å². The van der Waals surface area contributed by atoms with Gasteiger partial charge in [-0.2, -0.15) is 0 Å². The van der Waals surface area contributed by atoms with E-state index in [2.05, 4.69) is 36.1 Å². The molecule has 3 heteroatoms. The molecule has 0 atom stereocenters.